The Balaban J connectivity index is 1.93. The van der Waals surface area contributed by atoms with Crippen LogP contribution in [-0.4, -0.2) is 11.2 Å². The molecule has 0 heterocycles. The van der Waals surface area contributed by atoms with Crippen LogP contribution in [0.1, 0.15) is 24.0 Å². The van der Waals surface area contributed by atoms with Crippen LogP contribution < -0.4 is 0 Å². The van der Waals surface area contributed by atoms with E-state index in [1.807, 2.05) is 12.1 Å². The molecule has 3 rings (SSSR count). The van der Waals surface area contributed by atoms with Crippen LogP contribution in [0.25, 0.3) is 0 Å². The fraction of sp³-hybridized carbons (Fsp3) is 0.500. The first-order valence-electron chi connectivity index (χ1n) is 5.91. The average molecular weight is 213 g/mol. The summed E-state index contributed by atoms with van der Waals surface area (Å²) < 4.78 is 0. The average Bonchev–Trinajstić information content (AvgIpc) is 3.08. The molecule has 0 aliphatic heterocycles. The SMILES string of the molecule is N#CC1(C(O)C2CC2)Cc2ccccc2C1. The van der Waals surface area contributed by atoms with Crippen LogP contribution in [0.15, 0.2) is 24.3 Å². The lowest BCUT2D eigenvalue weighted by molar-refractivity contribution is 0.0504. The van der Waals surface area contributed by atoms with Gasteiger partial charge in [0.1, 0.15) is 0 Å². The summed E-state index contributed by atoms with van der Waals surface area (Å²) in [5.41, 5.74) is 1.93. The summed E-state index contributed by atoms with van der Waals surface area (Å²) in [6.45, 7) is 0. The molecule has 2 heteroatoms. The van der Waals surface area contributed by atoms with Gasteiger partial charge in [0.2, 0.25) is 0 Å². The van der Waals surface area contributed by atoms with Crippen LogP contribution in [0.3, 0.4) is 0 Å². The maximum Gasteiger partial charge on any atom is 0.0915 e. The highest BCUT2D eigenvalue weighted by atomic mass is 16.3. The summed E-state index contributed by atoms with van der Waals surface area (Å²) in [7, 11) is 0. The standard InChI is InChI=1S/C14H15NO/c15-9-14(13(16)10-5-6-10)7-11-3-1-2-4-12(11)8-14/h1-4,10,13,16H,5-8H2. The van der Waals surface area contributed by atoms with E-state index in [1.165, 1.54) is 11.1 Å². The molecule has 0 radical (unpaired) electrons. The maximum absolute atomic E-state index is 10.3. The van der Waals surface area contributed by atoms with Crippen LogP contribution in [0.5, 0.6) is 0 Å². The third-order valence-corrected chi connectivity index (χ3v) is 3.99. The van der Waals surface area contributed by atoms with E-state index in [-0.39, 0.29) is 0 Å². The molecule has 1 atom stereocenters. The molecule has 1 aromatic carbocycles. The van der Waals surface area contributed by atoms with Crippen molar-refractivity contribution in [2.24, 2.45) is 11.3 Å². The fourth-order valence-corrected chi connectivity index (χ4v) is 2.86. The number of rotatable bonds is 2. The normalized spacial score (nSPS) is 23.5. The highest BCUT2D eigenvalue weighted by Crippen LogP contribution is 2.47. The molecule has 16 heavy (non-hydrogen) atoms. The van der Waals surface area contributed by atoms with Gasteiger partial charge in [-0.15, -0.1) is 0 Å². The molecule has 0 amide bonds. The molecular formula is C14H15NO. The zero-order chi connectivity index (χ0) is 11.2. The Morgan fingerprint density at radius 1 is 1.25 bits per heavy atom. The number of nitrogens with zero attached hydrogens (tertiary/aromatic N) is 1. The Labute approximate surface area is 95.5 Å². The predicted octanol–water partition coefficient (Wildman–Crippen LogP) is 2.07. The minimum absolute atomic E-state index is 0.369. The van der Waals surface area contributed by atoms with Gasteiger partial charge in [-0.2, -0.15) is 5.26 Å². The molecule has 0 aromatic heterocycles. The highest BCUT2D eigenvalue weighted by Gasteiger charge is 2.49. The van der Waals surface area contributed by atoms with Crippen molar-refractivity contribution in [1.29, 1.82) is 5.26 Å². The van der Waals surface area contributed by atoms with E-state index < -0.39 is 11.5 Å². The lowest BCUT2D eigenvalue weighted by atomic mass is 9.78. The monoisotopic (exact) mass is 213 g/mol. The second-order valence-corrected chi connectivity index (χ2v) is 5.17. The zero-order valence-corrected chi connectivity index (χ0v) is 9.19. The highest BCUT2D eigenvalue weighted by molar-refractivity contribution is 5.38. The van der Waals surface area contributed by atoms with Gasteiger partial charge < -0.3 is 5.11 Å². The minimum Gasteiger partial charge on any atom is -0.391 e. The van der Waals surface area contributed by atoms with E-state index in [2.05, 4.69) is 18.2 Å². The summed E-state index contributed by atoms with van der Waals surface area (Å²) in [6, 6.07) is 10.6. The summed E-state index contributed by atoms with van der Waals surface area (Å²) >= 11 is 0. The van der Waals surface area contributed by atoms with E-state index >= 15 is 0 Å². The third-order valence-electron chi connectivity index (χ3n) is 3.99. The predicted molar refractivity (Wildman–Crippen MR) is 60.6 cm³/mol. The Morgan fingerprint density at radius 2 is 1.81 bits per heavy atom. The van der Waals surface area contributed by atoms with Crippen LogP contribution in [0, 0.1) is 22.7 Å². The van der Waals surface area contributed by atoms with Crippen molar-refractivity contribution < 1.29 is 5.11 Å². The second-order valence-electron chi connectivity index (χ2n) is 5.17. The fourth-order valence-electron chi connectivity index (χ4n) is 2.86. The molecule has 1 fully saturated rings. The summed E-state index contributed by atoms with van der Waals surface area (Å²) in [6.07, 6.45) is 3.17. The Hall–Kier alpha value is -1.33. The van der Waals surface area contributed by atoms with Gasteiger partial charge in [0.05, 0.1) is 17.6 Å². The molecule has 0 bridgehead atoms. The van der Waals surface area contributed by atoms with E-state index in [1.54, 1.807) is 0 Å². The van der Waals surface area contributed by atoms with Crippen molar-refractivity contribution in [3.8, 4) is 6.07 Å². The topological polar surface area (TPSA) is 44.0 Å². The molecule has 1 unspecified atom stereocenters. The van der Waals surface area contributed by atoms with Crippen molar-refractivity contribution >= 4 is 0 Å². The van der Waals surface area contributed by atoms with E-state index in [0.29, 0.717) is 5.92 Å². The molecule has 0 saturated heterocycles. The van der Waals surface area contributed by atoms with Crippen molar-refractivity contribution in [2.45, 2.75) is 31.8 Å². The molecule has 2 nitrogen and oxygen atoms in total. The van der Waals surface area contributed by atoms with Crippen molar-refractivity contribution in [3.05, 3.63) is 35.4 Å². The maximum atomic E-state index is 10.3. The molecule has 1 saturated carbocycles. The first-order chi connectivity index (χ1) is 7.75. The zero-order valence-electron chi connectivity index (χ0n) is 9.19. The van der Waals surface area contributed by atoms with Crippen molar-refractivity contribution in [2.75, 3.05) is 0 Å². The second kappa shape index (κ2) is 3.33. The molecule has 2 aliphatic rings. The first kappa shape index (κ1) is 9.86. The molecule has 82 valence electrons. The summed E-state index contributed by atoms with van der Waals surface area (Å²) in [5.74, 6) is 0.369. The molecule has 1 N–H and O–H groups in total. The number of fused-ring (bicyclic) bond motifs is 1. The number of aliphatic hydroxyl groups excluding tert-OH is 1. The number of benzene rings is 1. The van der Waals surface area contributed by atoms with Gasteiger partial charge in [-0.05, 0) is 42.7 Å². The molecular weight excluding hydrogens is 198 g/mol. The van der Waals surface area contributed by atoms with Crippen LogP contribution in [-0.2, 0) is 12.8 Å². The minimum atomic E-state index is -0.551. The van der Waals surface area contributed by atoms with Crippen molar-refractivity contribution in [1.82, 2.24) is 0 Å². The largest absolute Gasteiger partial charge is 0.391 e. The smallest absolute Gasteiger partial charge is 0.0915 e. The third kappa shape index (κ3) is 1.36. The van der Waals surface area contributed by atoms with Gasteiger partial charge in [0.15, 0.2) is 0 Å². The quantitative estimate of drug-likeness (QED) is 0.817. The van der Waals surface area contributed by atoms with E-state index in [9.17, 15) is 10.4 Å². The molecule has 2 aliphatic carbocycles. The van der Waals surface area contributed by atoms with Crippen LogP contribution >= 0.6 is 0 Å². The van der Waals surface area contributed by atoms with Gasteiger partial charge in [0, 0.05) is 0 Å². The van der Waals surface area contributed by atoms with Gasteiger partial charge in [-0.3, -0.25) is 0 Å². The van der Waals surface area contributed by atoms with Gasteiger partial charge in [-0.25, -0.2) is 0 Å². The number of aliphatic hydroxyl groups is 1. The van der Waals surface area contributed by atoms with Gasteiger partial charge >= 0.3 is 0 Å². The summed E-state index contributed by atoms with van der Waals surface area (Å²) in [4.78, 5) is 0. The van der Waals surface area contributed by atoms with E-state index in [0.717, 1.165) is 25.7 Å². The number of hydrogen-bond donors (Lipinski definition) is 1. The van der Waals surface area contributed by atoms with Gasteiger partial charge in [0.25, 0.3) is 0 Å². The van der Waals surface area contributed by atoms with Crippen LogP contribution in [0.4, 0.5) is 0 Å². The lowest BCUT2D eigenvalue weighted by Gasteiger charge is -2.26. The summed E-state index contributed by atoms with van der Waals surface area (Å²) in [5, 5.41) is 19.7. The Morgan fingerprint density at radius 3 is 2.25 bits per heavy atom. The number of hydrogen-bond acceptors (Lipinski definition) is 2. The Bertz CT molecular complexity index is 431. The number of nitriles is 1. The Kier molecular flexibility index (Phi) is 2.05. The molecule has 1 aromatic rings. The first-order valence-corrected chi connectivity index (χ1v) is 5.91. The van der Waals surface area contributed by atoms with Gasteiger partial charge in [-0.1, -0.05) is 24.3 Å². The molecule has 0 spiro atoms. The van der Waals surface area contributed by atoms with E-state index in [4.69, 9.17) is 0 Å². The lowest BCUT2D eigenvalue weighted by Crippen LogP contribution is -2.36. The van der Waals surface area contributed by atoms with Crippen LogP contribution in [0.2, 0.25) is 0 Å². The van der Waals surface area contributed by atoms with Crippen molar-refractivity contribution in [3.63, 3.8) is 0 Å².